The molecule has 0 spiro atoms. The minimum Gasteiger partial charge on any atom is -0.504 e. The van der Waals surface area contributed by atoms with Gasteiger partial charge in [-0.1, -0.05) is 6.07 Å². The van der Waals surface area contributed by atoms with Gasteiger partial charge in [-0.3, -0.25) is 0 Å². The lowest BCUT2D eigenvalue weighted by Gasteiger charge is -2.27. The molecule has 0 aromatic heterocycles. The molecule has 1 aliphatic heterocycles. The number of aromatic hydroxyl groups is 3. The molecule has 2 aromatic carbocycles. The maximum atomic E-state index is 9.75. The Morgan fingerprint density at radius 1 is 1.09 bits per heavy atom. The first-order chi connectivity index (χ1) is 10.6. The van der Waals surface area contributed by atoms with Crippen molar-refractivity contribution in [3.63, 3.8) is 0 Å². The Bertz CT molecular complexity index is 699. The average molecular weight is 301 g/mol. The molecule has 1 aliphatic rings. The van der Waals surface area contributed by atoms with Crippen molar-refractivity contribution in [3.05, 3.63) is 47.0 Å². The van der Waals surface area contributed by atoms with Crippen LogP contribution in [0, 0.1) is 0 Å². The van der Waals surface area contributed by atoms with Crippen LogP contribution in [-0.2, 0) is 12.8 Å². The zero-order valence-corrected chi connectivity index (χ0v) is 12.3. The molecule has 0 aliphatic carbocycles. The highest BCUT2D eigenvalue weighted by molar-refractivity contribution is 5.48. The van der Waals surface area contributed by atoms with Gasteiger partial charge in [0.15, 0.2) is 23.0 Å². The van der Waals surface area contributed by atoms with Crippen molar-refractivity contribution in [2.45, 2.75) is 18.9 Å². The molecule has 0 saturated heterocycles. The number of methoxy groups -OCH3 is 1. The first kappa shape index (κ1) is 14.5. The fraction of sp³-hybridized carbons (Fsp3) is 0.294. The van der Waals surface area contributed by atoms with E-state index in [9.17, 15) is 15.3 Å². The number of phenols is 3. The number of benzene rings is 2. The Balaban J connectivity index is 1.90. The van der Waals surface area contributed by atoms with E-state index in [1.807, 2.05) is 12.1 Å². The molecular weight excluding hydrogens is 282 g/mol. The quantitative estimate of drug-likeness (QED) is 0.654. The number of ether oxygens (including phenoxy) is 1. The van der Waals surface area contributed by atoms with E-state index in [1.165, 1.54) is 7.11 Å². The standard InChI is InChI=1S/C17H19NO4/c1-22-17-7-10(2-3-14(17)19)6-13-12-9-16(21)15(20)8-11(12)4-5-18-13/h2-3,7-9,13,18-21H,4-6H2,1H3. The van der Waals surface area contributed by atoms with Gasteiger partial charge in [0.1, 0.15) is 0 Å². The number of phenolic OH excluding ortho intramolecular Hbond substituents is 3. The summed E-state index contributed by atoms with van der Waals surface area (Å²) >= 11 is 0. The predicted molar refractivity (Wildman–Crippen MR) is 82.6 cm³/mol. The van der Waals surface area contributed by atoms with Gasteiger partial charge in [-0.2, -0.15) is 0 Å². The molecule has 116 valence electrons. The van der Waals surface area contributed by atoms with Crippen LogP contribution < -0.4 is 10.1 Å². The molecule has 0 fully saturated rings. The highest BCUT2D eigenvalue weighted by atomic mass is 16.5. The smallest absolute Gasteiger partial charge is 0.160 e. The molecule has 0 amide bonds. The van der Waals surface area contributed by atoms with Gasteiger partial charge in [0.05, 0.1) is 7.11 Å². The van der Waals surface area contributed by atoms with Gasteiger partial charge in [-0.05, 0) is 60.3 Å². The summed E-state index contributed by atoms with van der Waals surface area (Å²) in [5.41, 5.74) is 3.06. The van der Waals surface area contributed by atoms with Crippen LogP contribution in [0.5, 0.6) is 23.0 Å². The van der Waals surface area contributed by atoms with E-state index >= 15 is 0 Å². The number of rotatable bonds is 3. The Hall–Kier alpha value is -2.40. The fourth-order valence-corrected chi connectivity index (χ4v) is 2.93. The molecule has 22 heavy (non-hydrogen) atoms. The van der Waals surface area contributed by atoms with E-state index in [2.05, 4.69) is 5.32 Å². The maximum Gasteiger partial charge on any atom is 0.160 e. The molecule has 1 heterocycles. The lowest BCUT2D eigenvalue weighted by atomic mass is 9.90. The molecule has 2 aromatic rings. The second-order valence-corrected chi connectivity index (χ2v) is 5.51. The average Bonchev–Trinajstić information content (AvgIpc) is 2.51. The summed E-state index contributed by atoms with van der Waals surface area (Å²) in [4.78, 5) is 0. The number of fused-ring (bicyclic) bond motifs is 1. The molecule has 1 atom stereocenters. The predicted octanol–water partition coefficient (Wildman–Crippen LogP) is 2.24. The second-order valence-electron chi connectivity index (χ2n) is 5.51. The molecule has 1 unspecified atom stereocenters. The first-order valence-electron chi connectivity index (χ1n) is 7.22. The summed E-state index contributed by atoms with van der Waals surface area (Å²) in [5.74, 6) is 0.384. The highest BCUT2D eigenvalue weighted by Gasteiger charge is 2.22. The van der Waals surface area contributed by atoms with Crippen LogP contribution in [0.15, 0.2) is 30.3 Å². The van der Waals surface area contributed by atoms with Gasteiger partial charge in [0, 0.05) is 6.04 Å². The summed E-state index contributed by atoms with van der Waals surface area (Å²) in [6, 6.07) is 8.59. The number of hydrogen-bond donors (Lipinski definition) is 4. The summed E-state index contributed by atoms with van der Waals surface area (Å²) in [6.07, 6.45) is 1.52. The van der Waals surface area contributed by atoms with E-state index in [-0.39, 0.29) is 23.3 Å². The Labute approximate surface area is 128 Å². The molecule has 5 nitrogen and oxygen atoms in total. The normalized spacial score (nSPS) is 17.0. The van der Waals surface area contributed by atoms with Crippen molar-refractivity contribution in [3.8, 4) is 23.0 Å². The van der Waals surface area contributed by atoms with Gasteiger partial charge < -0.3 is 25.4 Å². The monoisotopic (exact) mass is 301 g/mol. The van der Waals surface area contributed by atoms with Crippen molar-refractivity contribution >= 4 is 0 Å². The molecule has 3 rings (SSSR count). The zero-order valence-electron chi connectivity index (χ0n) is 12.3. The zero-order chi connectivity index (χ0) is 15.7. The van der Waals surface area contributed by atoms with Crippen molar-refractivity contribution in [1.82, 2.24) is 5.32 Å². The van der Waals surface area contributed by atoms with E-state index < -0.39 is 0 Å². The third-order valence-corrected chi connectivity index (χ3v) is 4.08. The topological polar surface area (TPSA) is 82.0 Å². The summed E-state index contributed by atoms with van der Waals surface area (Å²) in [6.45, 7) is 0.817. The summed E-state index contributed by atoms with van der Waals surface area (Å²) < 4.78 is 5.14. The highest BCUT2D eigenvalue weighted by Crippen LogP contribution is 2.35. The molecule has 4 N–H and O–H groups in total. The van der Waals surface area contributed by atoms with E-state index in [1.54, 1.807) is 18.2 Å². The molecule has 0 saturated carbocycles. The lowest BCUT2D eigenvalue weighted by molar-refractivity contribution is 0.372. The molecule has 0 radical (unpaired) electrons. The second kappa shape index (κ2) is 5.77. The van der Waals surface area contributed by atoms with Crippen LogP contribution in [0.4, 0.5) is 0 Å². The minimum atomic E-state index is -0.101. The van der Waals surface area contributed by atoms with Crippen molar-refractivity contribution in [2.75, 3.05) is 13.7 Å². The van der Waals surface area contributed by atoms with Gasteiger partial charge in [-0.15, -0.1) is 0 Å². The lowest BCUT2D eigenvalue weighted by Crippen LogP contribution is -2.31. The SMILES string of the molecule is COc1cc(CC2NCCc3cc(O)c(O)cc32)ccc1O. The van der Waals surface area contributed by atoms with Crippen LogP contribution in [0.2, 0.25) is 0 Å². The van der Waals surface area contributed by atoms with E-state index in [0.717, 1.165) is 29.7 Å². The molecule has 5 heteroatoms. The number of nitrogens with one attached hydrogen (secondary N) is 1. The third-order valence-electron chi connectivity index (χ3n) is 4.08. The fourth-order valence-electron chi connectivity index (χ4n) is 2.93. The van der Waals surface area contributed by atoms with Crippen LogP contribution in [0.25, 0.3) is 0 Å². The van der Waals surface area contributed by atoms with Crippen LogP contribution in [0.1, 0.15) is 22.7 Å². The van der Waals surface area contributed by atoms with Gasteiger partial charge in [-0.25, -0.2) is 0 Å². The van der Waals surface area contributed by atoms with Gasteiger partial charge in [0.2, 0.25) is 0 Å². The number of hydrogen-bond acceptors (Lipinski definition) is 5. The first-order valence-corrected chi connectivity index (χ1v) is 7.22. The largest absolute Gasteiger partial charge is 0.504 e. The summed E-state index contributed by atoms with van der Waals surface area (Å²) in [7, 11) is 1.52. The van der Waals surface area contributed by atoms with E-state index in [0.29, 0.717) is 12.2 Å². The Morgan fingerprint density at radius 2 is 1.86 bits per heavy atom. The minimum absolute atomic E-state index is 0.0458. The van der Waals surface area contributed by atoms with Crippen molar-refractivity contribution in [2.24, 2.45) is 0 Å². The Morgan fingerprint density at radius 3 is 2.64 bits per heavy atom. The van der Waals surface area contributed by atoms with Crippen LogP contribution in [-0.4, -0.2) is 29.0 Å². The van der Waals surface area contributed by atoms with Crippen LogP contribution >= 0.6 is 0 Å². The van der Waals surface area contributed by atoms with Gasteiger partial charge in [0.25, 0.3) is 0 Å². The molecular formula is C17H19NO4. The summed E-state index contributed by atoms with van der Waals surface area (Å²) in [5, 5.41) is 32.5. The van der Waals surface area contributed by atoms with Crippen LogP contribution in [0.3, 0.4) is 0 Å². The Kier molecular flexibility index (Phi) is 3.81. The maximum absolute atomic E-state index is 9.75. The van der Waals surface area contributed by atoms with Gasteiger partial charge >= 0.3 is 0 Å². The van der Waals surface area contributed by atoms with E-state index in [4.69, 9.17) is 4.74 Å². The van der Waals surface area contributed by atoms with Crippen molar-refractivity contribution in [1.29, 1.82) is 0 Å². The molecule has 0 bridgehead atoms. The third kappa shape index (κ3) is 2.67. The van der Waals surface area contributed by atoms with Crippen molar-refractivity contribution < 1.29 is 20.1 Å².